The second kappa shape index (κ2) is 6.79. The molecule has 5 nitrogen and oxygen atoms in total. The van der Waals surface area contributed by atoms with Crippen LogP contribution in [0.3, 0.4) is 0 Å². The van der Waals surface area contributed by atoms with E-state index >= 15 is 0 Å². The van der Waals surface area contributed by atoms with Gasteiger partial charge in [0, 0.05) is 12.5 Å². The molecule has 19 heavy (non-hydrogen) atoms. The lowest BCUT2D eigenvalue weighted by Gasteiger charge is -2.08. The van der Waals surface area contributed by atoms with Crippen LogP contribution in [0.1, 0.15) is 29.6 Å². The molecular weight excluding hydrogens is 258 g/mol. The van der Waals surface area contributed by atoms with Crippen LogP contribution in [-0.4, -0.2) is 23.5 Å². The number of anilines is 1. The largest absolute Gasteiger partial charge is 0.478 e. The van der Waals surface area contributed by atoms with Crippen LogP contribution in [0.4, 0.5) is 14.5 Å². The van der Waals surface area contributed by atoms with Crippen LogP contribution in [0, 0.1) is 11.6 Å². The van der Waals surface area contributed by atoms with E-state index in [4.69, 9.17) is 10.8 Å². The van der Waals surface area contributed by atoms with Crippen molar-refractivity contribution in [3.63, 3.8) is 0 Å². The zero-order chi connectivity index (χ0) is 14.4. The minimum atomic E-state index is -1.53. The first kappa shape index (κ1) is 15.0. The summed E-state index contributed by atoms with van der Waals surface area (Å²) in [5, 5.41) is 10.9. The number of carboxylic acids is 1. The van der Waals surface area contributed by atoms with Crippen molar-refractivity contribution in [3.05, 3.63) is 29.3 Å². The summed E-state index contributed by atoms with van der Waals surface area (Å²) in [6, 6.07) is 1.19. The number of benzene rings is 1. The number of amides is 1. The number of carbonyl (C=O) groups excluding carboxylic acids is 1. The Labute approximate surface area is 108 Å². The monoisotopic (exact) mass is 272 g/mol. The quantitative estimate of drug-likeness (QED) is 0.687. The van der Waals surface area contributed by atoms with Gasteiger partial charge < -0.3 is 16.2 Å². The van der Waals surface area contributed by atoms with E-state index in [1.54, 1.807) is 0 Å². The molecule has 0 saturated heterocycles. The summed E-state index contributed by atoms with van der Waals surface area (Å²) in [5.74, 6) is -4.22. The highest BCUT2D eigenvalue weighted by atomic mass is 19.1. The van der Waals surface area contributed by atoms with Crippen molar-refractivity contribution in [1.82, 2.24) is 0 Å². The van der Waals surface area contributed by atoms with Crippen LogP contribution in [0.25, 0.3) is 0 Å². The summed E-state index contributed by atoms with van der Waals surface area (Å²) < 4.78 is 26.5. The van der Waals surface area contributed by atoms with Gasteiger partial charge in [0.15, 0.2) is 0 Å². The first-order valence-electron chi connectivity index (χ1n) is 5.68. The highest BCUT2D eigenvalue weighted by Gasteiger charge is 2.16. The Balaban J connectivity index is 2.80. The van der Waals surface area contributed by atoms with E-state index in [9.17, 15) is 18.4 Å². The molecule has 7 heteroatoms. The number of hydrogen-bond donors (Lipinski definition) is 3. The highest BCUT2D eigenvalue weighted by molar-refractivity contribution is 5.94. The van der Waals surface area contributed by atoms with Crippen molar-refractivity contribution in [2.24, 2.45) is 5.73 Å². The Morgan fingerprint density at radius 1 is 1.21 bits per heavy atom. The molecule has 0 aliphatic heterocycles. The Kier molecular flexibility index (Phi) is 5.37. The first-order chi connectivity index (χ1) is 8.95. The highest BCUT2D eigenvalue weighted by Crippen LogP contribution is 2.20. The predicted molar refractivity (Wildman–Crippen MR) is 64.9 cm³/mol. The second-order valence-electron chi connectivity index (χ2n) is 3.91. The number of aromatic carboxylic acids is 1. The van der Waals surface area contributed by atoms with Gasteiger partial charge in [-0.2, -0.15) is 0 Å². The van der Waals surface area contributed by atoms with Crippen LogP contribution >= 0.6 is 0 Å². The molecule has 0 aliphatic carbocycles. The van der Waals surface area contributed by atoms with E-state index in [0.717, 1.165) is 6.07 Å². The fraction of sp³-hybridized carbons (Fsp3) is 0.333. The zero-order valence-corrected chi connectivity index (χ0v) is 10.1. The van der Waals surface area contributed by atoms with Gasteiger partial charge in [0.1, 0.15) is 11.6 Å². The summed E-state index contributed by atoms with van der Waals surface area (Å²) in [7, 11) is 0. The molecule has 1 aromatic rings. The Bertz CT molecular complexity index is 492. The number of carboxylic acid groups (broad SMARTS) is 1. The Morgan fingerprint density at radius 3 is 2.47 bits per heavy atom. The number of rotatable bonds is 6. The molecule has 0 radical (unpaired) electrons. The van der Waals surface area contributed by atoms with Crippen LogP contribution < -0.4 is 11.1 Å². The van der Waals surface area contributed by atoms with Gasteiger partial charge in [-0.25, -0.2) is 13.6 Å². The fourth-order valence-corrected chi connectivity index (χ4v) is 1.45. The van der Waals surface area contributed by atoms with E-state index < -0.39 is 29.1 Å². The molecule has 0 atom stereocenters. The topological polar surface area (TPSA) is 92.4 Å². The number of nitrogens with one attached hydrogen (secondary N) is 1. The lowest BCUT2D eigenvalue weighted by atomic mass is 10.1. The lowest BCUT2D eigenvalue weighted by molar-refractivity contribution is -0.116. The molecule has 0 unspecified atom stereocenters. The molecule has 104 valence electrons. The molecular formula is C12H14F2N2O3. The predicted octanol–water partition coefficient (Wildman–Crippen LogP) is 1.73. The van der Waals surface area contributed by atoms with Gasteiger partial charge >= 0.3 is 5.97 Å². The molecule has 0 spiro atoms. The zero-order valence-electron chi connectivity index (χ0n) is 10.1. The van der Waals surface area contributed by atoms with Gasteiger partial charge in [0.2, 0.25) is 5.91 Å². The van der Waals surface area contributed by atoms with E-state index in [1.807, 2.05) is 0 Å². The number of halogens is 2. The molecule has 0 fully saturated rings. The first-order valence-corrected chi connectivity index (χ1v) is 5.68. The van der Waals surface area contributed by atoms with Crippen molar-refractivity contribution in [2.45, 2.75) is 19.3 Å². The maximum atomic E-state index is 13.4. The Hall–Kier alpha value is -2.02. The third-order valence-corrected chi connectivity index (χ3v) is 2.42. The van der Waals surface area contributed by atoms with E-state index in [0.29, 0.717) is 25.5 Å². The molecule has 4 N–H and O–H groups in total. The summed E-state index contributed by atoms with van der Waals surface area (Å²) in [6.07, 6.45) is 1.33. The van der Waals surface area contributed by atoms with Gasteiger partial charge in [0.25, 0.3) is 0 Å². The summed E-state index contributed by atoms with van der Waals surface area (Å²) in [4.78, 5) is 22.1. The van der Waals surface area contributed by atoms with Gasteiger partial charge in [-0.15, -0.1) is 0 Å². The average molecular weight is 272 g/mol. The number of carbonyl (C=O) groups is 2. The van der Waals surface area contributed by atoms with Crippen molar-refractivity contribution in [2.75, 3.05) is 11.9 Å². The van der Waals surface area contributed by atoms with Crippen LogP contribution in [0.2, 0.25) is 0 Å². The van der Waals surface area contributed by atoms with Crippen molar-refractivity contribution < 1.29 is 23.5 Å². The van der Waals surface area contributed by atoms with Crippen LogP contribution in [-0.2, 0) is 4.79 Å². The molecule has 0 aromatic heterocycles. The molecule has 0 bridgehead atoms. The van der Waals surface area contributed by atoms with Crippen LogP contribution in [0.15, 0.2) is 12.1 Å². The second-order valence-corrected chi connectivity index (χ2v) is 3.91. The summed E-state index contributed by atoms with van der Waals surface area (Å²) in [5.41, 5.74) is 4.22. The number of hydrogen-bond acceptors (Lipinski definition) is 3. The minimum Gasteiger partial charge on any atom is -0.478 e. The normalized spacial score (nSPS) is 10.3. The fourth-order valence-electron chi connectivity index (χ4n) is 1.45. The lowest BCUT2D eigenvalue weighted by Crippen LogP contribution is -2.14. The standard InChI is InChI=1S/C12H14F2N2O3/c13-8-6-9(14)10(5-7(8)12(18)19)16-11(17)3-1-2-4-15/h5-6H,1-4,15H2,(H,16,17)(H,18,19). The maximum Gasteiger partial charge on any atom is 0.338 e. The molecule has 1 aromatic carbocycles. The average Bonchev–Trinajstić information content (AvgIpc) is 2.32. The number of unbranched alkanes of at least 4 members (excludes halogenated alkanes) is 1. The molecule has 0 heterocycles. The Morgan fingerprint density at radius 2 is 1.89 bits per heavy atom. The molecule has 0 aliphatic rings. The number of nitrogens with two attached hydrogens (primary N) is 1. The summed E-state index contributed by atoms with van der Waals surface area (Å²) >= 11 is 0. The van der Waals surface area contributed by atoms with Crippen molar-refractivity contribution in [3.8, 4) is 0 Å². The van der Waals surface area contributed by atoms with Gasteiger partial charge in [-0.05, 0) is 25.5 Å². The van der Waals surface area contributed by atoms with E-state index in [1.165, 1.54) is 0 Å². The smallest absolute Gasteiger partial charge is 0.338 e. The maximum absolute atomic E-state index is 13.4. The van der Waals surface area contributed by atoms with Crippen LogP contribution in [0.5, 0.6) is 0 Å². The summed E-state index contributed by atoms with van der Waals surface area (Å²) in [6.45, 7) is 0.446. The van der Waals surface area contributed by atoms with Gasteiger partial charge in [-0.3, -0.25) is 4.79 Å². The van der Waals surface area contributed by atoms with Gasteiger partial charge in [-0.1, -0.05) is 0 Å². The molecule has 1 rings (SSSR count). The van der Waals surface area contributed by atoms with Crippen molar-refractivity contribution >= 4 is 17.6 Å². The molecule has 1 amide bonds. The van der Waals surface area contributed by atoms with E-state index in [-0.39, 0.29) is 12.1 Å². The third kappa shape index (κ3) is 4.29. The van der Waals surface area contributed by atoms with Crippen molar-refractivity contribution in [1.29, 1.82) is 0 Å². The minimum absolute atomic E-state index is 0.135. The SMILES string of the molecule is NCCCCC(=O)Nc1cc(C(=O)O)c(F)cc1F. The third-order valence-electron chi connectivity index (χ3n) is 2.42. The van der Waals surface area contributed by atoms with Gasteiger partial charge in [0.05, 0.1) is 11.3 Å². The van der Waals surface area contributed by atoms with E-state index in [2.05, 4.69) is 5.32 Å². The molecule has 0 saturated carbocycles.